The van der Waals surface area contributed by atoms with Crippen molar-refractivity contribution in [2.24, 2.45) is 0 Å². The molecule has 0 saturated heterocycles. The quantitative estimate of drug-likeness (QED) is 0.275. The number of ketones is 1. The Bertz CT molecular complexity index is 260. The average molecular weight is 178 g/mol. The lowest BCUT2D eigenvalue weighted by atomic mass is 10.1. The molecule has 0 fully saturated rings. The van der Waals surface area contributed by atoms with Crippen LogP contribution in [0.2, 0.25) is 0 Å². The Hall–Kier alpha value is -1.21. The molecule has 0 aromatic carbocycles. The number of allylic oxidation sites excluding steroid dienone is 2. The molecule has 1 aliphatic carbocycles. The van der Waals surface area contributed by atoms with E-state index in [9.17, 15) is 4.79 Å². The van der Waals surface area contributed by atoms with Crippen molar-refractivity contribution < 1.29 is 9.58 Å². The first-order chi connectivity index (χ1) is 6.33. The normalized spacial score (nSPS) is 14.9. The minimum Gasteiger partial charge on any atom is -0.361 e. The van der Waals surface area contributed by atoms with Crippen molar-refractivity contribution in [3.8, 4) is 0 Å². The van der Waals surface area contributed by atoms with Gasteiger partial charge in [-0.2, -0.15) is 4.79 Å². The van der Waals surface area contributed by atoms with Crippen LogP contribution in [-0.2, 0) is 4.79 Å². The highest BCUT2D eigenvalue weighted by Gasteiger charge is 2.06. The molecule has 0 spiro atoms. The predicted molar refractivity (Wildman–Crippen MR) is 50.5 cm³/mol. The fraction of sp³-hybridized carbons (Fsp3) is 0.600. The van der Waals surface area contributed by atoms with Gasteiger partial charge in [0.2, 0.25) is 5.78 Å². The van der Waals surface area contributed by atoms with Crippen LogP contribution in [0.3, 0.4) is 0 Å². The van der Waals surface area contributed by atoms with Crippen molar-refractivity contribution in [2.75, 3.05) is 0 Å². The Labute approximate surface area is 78.1 Å². The summed E-state index contributed by atoms with van der Waals surface area (Å²) >= 11 is 0. The molecular formula is C10H14N2O. The van der Waals surface area contributed by atoms with Crippen LogP contribution in [0.1, 0.15) is 38.5 Å². The number of hydrogen-bond donors (Lipinski definition) is 0. The van der Waals surface area contributed by atoms with Crippen LogP contribution in [0.4, 0.5) is 0 Å². The van der Waals surface area contributed by atoms with Crippen molar-refractivity contribution in [3.63, 3.8) is 0 Å². The van der Waals surface area contributed by atoms with Gasteiger partial charge in [-0.1, -0.05) is 11.6 Å². The van der Waals surface area contributed by atoms with E-state index in [0.29, 0.717) is 6.42 Å². The molecule has 1 rings (SSSR count). The van der Waals surface area contributed by atoms with Crippen molar-refractivity contribution in [1.29, 1.82) is 0 Å². The summed E-state index contributed by atoms with van der Waals surface area (Å²) in [6.07, 6.45) is 9.28. The lowest BCUT2D eigenvalue weighted by Gasteiger charge is -1.97. The molecule has 1 aliphatic rings. The number of Topliss-reactive ketones (excluding diaryl/α,β-unsaturated/α-hetero) is 1. The third-order valence-corrected chi connectivity index (χ3v) is 2.26. The Morgan fingerprint density at radius 1 is 1.69 bits per heavy atom. The molecule has 70 valence electrons. The van der Waals surface area contributed by atoms with Gasteiger partial charge in [0.1, 0.15) is 0 Å². The van der Waals surface area contributed by atoms with E-state index in [4.69, 9.17) is 5.53 Å². The third-order valence-electron chi connectivity index (χ3n) is 2.26. The van der Waals surface area contributed by atoms with Crippen LogP contribution >= 0.6 is 0 Å². The lowest BCUT2D eigenvalue weighted by Crippen LogP contribution is -1.99. The molecule has 0 atom stereocenters. The monoisotopic (exact) mass is 178 g/mol. The van der Waals surface area contributed by atoms with Crippen molar-refractivity contribution in [2.45, 2.75) is 38.5 Å². The minimum atomic E-state index is -0.0962. The average Bonchev–Trinajstić information content (AvgIpc) is 2.57. The van der Waals surface area contributed by atoms with Crippen LogP contribution in [0.5, 0.6) is 0 Å². The first-order valence-electron chi connectivity index (χ1n) is 4.71. The van der Waals surface area contributed by atoms with Crippen LogP contribution in [0.25, 0.3) is 5.53 Å². The second-order valence-electron chi connectivity index (χ2n) is 3.32. The van der Waals surface area contributed by atoms with Gasteiger partial charge in [-0.15, -0.1) is 0 Å². The number of nitrogens with zero attached hydrogens (tertiary/aromatic N) is 2. The summed E-state index contributed by atoms with van der Waals surface area (Å²) in [6, 6.07) is 0. The SMILES string of the molecule is [N-]=[N+]=CC(=O)CCCC1=CCCC1. The topological polar surface area (TPSA) is 53.5 Å². The molecule has 0 amide bonds. The van der Waals surface area contributed by atoms with Gasteiger partial charge < -0.3 is 5.53 Å². The molecule has 3 nitrogen and oxygen atoms in total. The Balaban J connectivity index is 2.13. The van der Waals surface area contributed by atoms with E-state index >= 15 is 0 Å². The van der Waals surface area contributed by atoms with Gasteiger partial charge >= 0.3 is 6.21 Å². The van der Waals surface area contributed by atoms with E-state index in [-0.39, 0.29) is 5.78 Å². The summed E-state index contributed by atoms with van der Waals surface area (Å²) < 4.78 is 0. The summed E-state index contributed by atoms with van der Waals surface area (Å²) in [7, 11) is 0. The predicted octanol–water partition coefficient (Wildman–Crippen LogP) is 2.14. The van der Waals surface area contributed by atoms with Crippen molar-refractivity contribution in [3.05, 3.63) is 17.2 Å². The highest BCUT2D eigenvalue weighted by molar-refractivity contribution is 6.25. The maximum absolute atomic E-state index is 10.9. The van der Waals surface area contributed by atoms with Gasteiger partial charge in [-0.25, -0.2) is 0 Å². The second kappa shape index (κ2) is 5.44. The number of carbonyl (C=O) groups is 1. The van der Waals surface area contributed by atoms with Crippen LogP contribution in [0.15, 0.2) is 11.6 Å². The number of hydrogen-bond acceptors (Lipinski definition) is 1. The van der Waals surface area contributed by atoms with Gasteiger partial charge in [-0.3, -0.25) is 4.79 Å². The summed E-state index contributed by atoms with van der Waals surface area (Å²) in [6.45, 7) is 0. The zero-order valence-electron chi connectivity index (χ0n) is 7.70. The highest BCUT2D eigenvalue weighted by Crippen LogP contribution is 2.22. The van der Waals surface area contributed by atoms with E-state index in [1.807, 2.05) is 0 Å². The molecule has 3 heteroatoms. The molecular weight excluding hydrogens is 164 g/mol. The maximum atomic E-state index is 10.9. The van der Waals surface area contributed by atoms with Crippen LogP contribution < -0.4 is 0 Å². The number of rotatable bonds is 5. The summed E-state index contributed by atoms with van der Waals surface area (Å²) in [5.41, 5.74) is 9.57. The molecule has 0 bridgehead atoms. The van der Waals surface area contributed by atoms with E-state index < -0.39 is 0 Å². The number of carbonyl (C=O) groups excluding carboxylic acids is 1. The fourth-order valence-electron chi connectivity index (χ4n) is 1.58. The smallest absolute Gasteiger partial charge is 0.323 e. The molecule has 0 saturated carbocycles. The third kappa shape index (κ3) is 3.81. The Kier molecular flexibility index (Phi) is 4.13. The first kappa shape index (κ1) is 9.87. The van der Waals surface area contributed by atoms with Gasteiger partial charge in [0.15, 0.2) is 0 Å². The van der Waals surface area contributed by atoms with Gasteiger partial charge in [0.25, 0.3) is 0 Å². The van der Waals surface area contributed by atoms with Crippen LogP contribution in [-0.4, -0.2) is 16.8 Å². The molecule has 13 heavy (non-hydrogen) atoms. The maximum Gasteiger partial charge on any atom is 0.323 e. The largest absolute Gasteiger partial charge is 0.361 e. The Morgan fingerprint density at radius 3 is 3.15 bits per heavy atom. The van der Waals surface area contributed by atoms with E-state index in [1.54, 1.807) is 0 Å². The van der Waals surface area contributed by atoms with E-state index in [2.05, 4.69) is 10.9 Å². The molecule has 0 aliphatic heterocycles. The minimum absolute atomic E-state index is 0.0962. The lowest BCUT2D eigenvalue weighted by molar-refractivity contribution is -0.116. The first-order valence-corrected chi connectivity index (χ1v) is 4.71. The molecule has 0 N–H and O–H groups in total. The zero-order chi connectivity index (χ0) is 9.52. The summed E-state index contributed by atoms with van der Waals surface area (Å²) in [4.78, 5) is 13.6. The van der Waals surface area contributed by atoms with Crippen LogP contribution in [0, 0.1) is 0 Å². The zero-order valence-corrected chi connectivity index (χ0v) is 7.70. The highest BCUT2D eigenvalue weighted by atomic mass is 16.1. The standard InChI is InChI=1S/C10H14N2O/c11-12-8-10(13)7-3-6-9-4-1-2-5-9/h4,8H,1-3,5-7H2. The van der Waals surface area contributed by atoms with Gasteiger partial charge in [0.05, 0.1) is 0 Å². The van der Waals surface area contributed by atoms with Crippen molar-refractivity contribution >= 4 is 12.0 Å². The second-order valence-corrected chi connectivity index (χ2v) is 3.32. The Morgan fingerprint density at radius 2 is 2.54 bits per heavy atom. The molecule has 0 aromatic heterocycles. The summed E-state index contributed by atoms with van der Waals surface area (Å²) in [5.74, 6) is -0.0962. The van der Waals surface area contributed by atoms with Crippen molar-refractivity contribution in [1.82, 2.24) is 0 Å². The van der Waals surface area contributed by atoms with E-state index in [1.165, 1.54) is 24.8 Å². The molecule has 0 radical (unpaired) electrons. The fourth-order valence-corrected chi connectivity index (χ4v) is 1.58. The summed E-state index contributed by atoms with van der Waals surface area (Å²) in [5, 5.41) is 0. The molecule has 0 unspecified atom stereocenters. The molecule has 0 aromatic rings. The molecule has 0 heterocycles. The van der Waals surface area contributed by atoms with Gasteiger partial charge in [-0.05, 0) is 32.1 Å². The van der Waals surface area contributed by atoms with Gasteiger partial charge in [0, 0.05) is 6.42 Å². The van der Waals surface area contributed by atoms with E-state index in [0.717, 1.165) is 19.1 Å².